The van der Waals surface area contributed by atoms with Crippen LogP contribution in [0.4, 0.5) is 0 Å². The third-order valence-electron chi connectivity index (χ3n) is 5.31. The molecule has 1 aromatic heterocycles. The first-order valence-electron chi connectivity index (χ1n) is 10.8. The predicted molar refractivity (Wildman–Crippen MR) is 129 cm³/mol. The van der Waals surface area contributed by atoms with Crippen molar-refractivity contribution in [2.24, 2.45) is 0 Å². The zero-order chi connectivity index (χ0) is 22.3. The molecule has 6 heteroatoms. The molecule has 32 heavy (non-hydrogen) atoms. The van der Waals surface area contributed by atoms with E-state index in [1.807, 2.05) is 73.7 Å². The van der Waals surface area contributed by atoms with E-state index in [1.165, 1.54) is 0 Å². The van der Waals surface area contributed by atoms with Gasteiger partial charge in [-0.1, -0.05) is 41.4 Å². The van der Waals surface area contributed by atoms with Gasteiger partial charge in [0.15, 0.2) is 0 Å². The fraction of sp³-hybridized carbons (Fsp3) is 0.231. The van der Waals surface area contributed by atoms with Gasteiger partial charge in [-0.2, -0.15) is 0 Å². The molecule has 0 fully saturated rings. The van der Waals surface area contributed by atoms with E-state index in [-0.39, 0.29) is 5.91 Å². The number of amides is 1. The zero-order valence-electron chi connectivity index (χ0n) is 18.1. The highest BCUT2D eigenvalue weighted by molar-refractivity contribution is 6.30. The molecule has 0 radical (unpaired) electrons. The van der Waals surface area contributed by atoms with Crippen LogP contribution >= 0.6 is 11.6 Å². The minimum absolute atomic E-state index is 0.0464. The van der Waals surface area contributed by atoms with Gasteiger partial charge in [0.05, 0.1) is 17.6 Å². The molecule has 4 rings (SSSR count). The first-order valence-corrected chi connectivity index (χ1v) is 11.2. The molecule has 0 saturated heterocycles. The first-order chi connectivity index (χ1) is 15.6. The molecule has 0 aliphatic heterocycles. The third kappa shape index (κ3) is 5.48. The maximum absolute atomic E-state index is 12.3. The number of imidazole rings is 1. The van der Waals surface area contributed by atoms with Crippen LogP contribution < -0.4 is 10.1 Å². The molecule has 4 aromatic rings. The zero-order valence-corrected chi connectivity index (χ0v) is 18.8. The van der Waals surface area contributed by atoms with Crippen LogP contribution in [0.1, 0.15) is 28.2 Å². The molecule has 1 amide bonds. The summed E-state index contributed by atoms with van der Waals surface area (Å²) in [6.45, 7) is 3.82. The van der Waals surface area contributed by atoms with Crippen LogP contribution in [0.2, 0.25) is 5.02 Å². The summed E-state index contributed by atoms with van der Waals surface area (Å²) in [5.74, 6) is 1.74. The second kappa shape index (κ2) is 10.3. The van der Waals surface area contributed by atoms with E-state index in [0.717, 1.165) is 41.0 Å². The highest BCUT2D eigenvalue weighted by atomic mass is 35.5. The summed E-state index contributed by atoms with van der Waals surface area (Å²) < 4.78 is 8.09. The van der Waals surface area contributed by atoms with Crippen LogP contribution in [0.3, 0.4) is 0 Å². The molecule has 1 heterocycles. The Morgan fingerprint density at radius 3 is 2.56 bits per heavy atom. The largest absolute Gasteiger partial charge is 0.492 e. The van der Waals surface area contributed by atoms with Crippen LogP contribution in [-0.2, 0) is 13.0 Å². The Bertz CT molecular complexity index is 1180. The van der Waals surface area contributed by atoms with Crippen molar-refractivity contribution in [2.45, 2.75) is 26.3 Å². The normalized spacial score (nSPS) is 10.9. The number of halogens is 1. The minimum atomic E-state index is -0.0464. The molecule has 164 valence electrons. The van der Waals surface area contributed by atoms with E-state index in [1.54, 1.807) is 0 Å². The number of carbonyl (C=O) groups excluding carboxylic acids is 1. The van der Waals surface area contributed by atoms with Gasteiger partial charge in [0.1, 0.15) is 18.2 Å². The average Bonchev–Trinajstić information content (AvgIpc) is 3.16. The number of benzene rings is 3. The summed E-state index contributed by atoms with van der Waals surface area (Å²) in [5, 5.41) is 3.69. The van der Waals surface area contributed by atoms with Crippen molar-refractivity contribution in [1.29, 1.82) is 0 Å². The molecule has 1 N–H and O–H groups in total. The number of aromatic nitrogens is 2. The molecule has 0 aliphatic rings. The second-order valence-corrected chi connectivity index (χ2v) is 8.13. The van der Waals surface area contributed by atoms with Crippen molar-refractivity contribution in [2.75, 3.05) is 13.2 Å². The van der Waals surface area contributed by atoms with E-state index < -0.39 is 0 Å². The van der Waals surface area contributed by atoms with Crippen LogP contribution in [0.25, 0.3) is 11.0 Å². The van der Waals surface area contributed by atoms with E-state index in [2.05, 4.69) is 16.0 Å². The van der Waals surface area contributed by atoms with Crippen LogP contribution in [0.5, 0.6) is 5.75 Å². The Labute approximate surface area is 193 Å². The molecule has 3 aromatic carbocycles. The number of ether oxygens (including phenoxy) is 1. The van der Waals surface area contributed by atoms with Crippen LogP contribution in [0, 0.1) is 6.92 Å². The van der Waals surface area contributed by atoms with E-state index in [9.17, 15) is 4.79 Å². The summed E-state index contributed by atoms with van der Waals surface area (Å²) >= 11 is 5.94. The fourth-order valence-electron chi connectivity index (χ4n) is 3.61. The number of para-hydroxylation sites is 2. The van der Waals surface area contributed by atoms with Crippen molar-refractivity contribution in [3.8, 4) is 5.75 Å². The summed E-state index contributed by atoms with van der Waals surface area (Å²) in [5.41, 5.74) is 3.88. The van der Waals surface area contributed by atoms with Gasteiger partial charge in [0.2, 0.25) is 0 Å². The summed E-state index contributed by atoms with van der Waals surface area (Å²) in [6, 6.07) is 23.1. The van der Waals surface area contributed by atoms with Crippen LogP contribution in [-0.4, -0.2) is 28.6 Å². The summed E-state index contributed by atoms with van der Waals surface area (Å²) in [4.78, 5) is 17.1. The monoisotopic (exact) mass is 447 g/mol. The van der Waals surface area contributed by atoms with Gasteiger partial charge in [-0.3, -0.25) is 4.79 Å². The number of rotatable bonds is 9. The fourth-order valence-corrected chi connectivity index (χ4v) is 3.73. The second-order valence-electron chi connectivity index (χ2n) is 7.70. The van der Waals surface area contributed by atoms with Crippen molar-refractivity contribution >= 4 is 28.5 Å². The Morgan fingerprint density at radius 1 is 1.03 bits per heavy atom. The number of nitrogens with zero attached hydrogens (tertiary/aromatic N) is 2. The number of hydrogen-bond acceptors (Lipinski definition) is 3. The molecule has 0 unspecified atom stereocenters. The lowest BCUT2D eigenvalue weighted by atomic mass is 10.1. The van der Waals surface area contributed by atoms with Crippen molar-refractivity contribution in [3.05, 3.63) is 94.8 Å². The topological polar surface area (TPSA) is 56.2 Å². The smallest absolute Gasteiger partial charge is 0.251 e. The minimum Gasteiger partial charge on any atom is -0.492 e. The maximum atomic E-state index is 12.3. The molecule has 0 saturated carbocycles. The molecule has 0 bridgehead atoms. The number of hydrogen-bond donors (Lipinski definition) is 1. The highest BCUT2D eigenvalue weighted by Gasteiger charge is 2.11. The number of nitrogens with one attached hydrogen (secondary N) is 1. The van der Waals surface area contributed by atoms with Gasteiger partial charge in [-0.05, 0) is 61.9 Å². The summed E-state index contributed by atoms with van der Waals surface area (Å²) in [6.07, 6.45) is 1.57. The maximum Gasteiger partial charge on any atom is 0.251 e. The van der Waals surface area contributed by atoms with Crippen molar-refractivity contribution in [3.63, 3.8) is 0 Å². The number of aryl methyl sites for hydroxylation is 2. The van der Waals surface area contributed by atoms with Gasteiger partial charge in [-0.15, -0.1) is 0 Å². The van der Waals surface area contributed by atoms with Crippen LogP contribution in [0.15, 0.2) is 72.8 Å². The lowest BCUT2D eigenvalue weighted by molar-refractivity contribution is 0.0953. The number of fused-ring (bicyclic) bond motifs is 1. The van der Waals surface area contributed by atoms with Gasteiger partial charge >= 0.3 is 0 Å². The Morgan fingerprint density at radius 2 is 1.78 bits per heavy atom. The molecule has 0 spiro atoms. The SMILES string of the molecule is Cc1ccc(C(=O)NCCCc2nc3ccccc3n2CCOc2ccc(Cl)cc2)cc1. The Hall–Kier alpha value is -3.31. The van der Waals surface area contributed by atoms with Gasteiger partial charge in [0.25, 0.3) is 5.91 Å². The number of carbonyl (C=O) groups is 1. The van der Waals surface area contributed by atoms with Crippen molar-refractivity contribution in [1.82, 2.24) is 14.9 Å². The lowest BCUT2D eigenvalue weighted by Gasteiger charge is -2.11. The molecule has 0 atom stereocenters. The molecular formula is C26H26ClN3O2. The van der Waals surface area contributed by atoms with Gasteiger partial charge in [0, 0.05) is 23.6 Å². The third-order valence-corrected chi connectivity index (χ3v) is 5.56. The molecule has 0 aliphatic carbocycles. The van der Waals surface area contributed by atoms with E-state index in [0.29, 0.717) is 30.3 Å². The quantitative estimate of drug-likeness (QED) is 0.347. The van der Waals surface area contributed by atoms with Gasteiger partial charge < -0.3 is 14.6 Å². The Kier molecular flexibility index (Phi) is 7.07. The highest BCUT2D eigenvalue weighted by Crippen LogP contribution is 2.19. The van der Waals surface area contributed by atoms with Crippen molar-refractivity contribution < 1.29 is 9.53 Å². The van der Waals surface area contributed by atoms with E-state index >= 15 is 0 Å². The molecular weight excluding hydrogens is 422 g/mol. The van der Waals surface area contributed by atoms with E-state index in [4.69, 9.17) is 21.3 Å². The summed E-state index contributed by atoms with van der Waals surface area (Å²) in [7, 11) is 0. The van der Waals surface area contributed by atoms with Gasteiger partial charge in [-0.25, -0.2) is 4.98 Å². The first kappa shape index (κ1) is 21.9. The lowest BCUT2D eigenvalue weighted by Crippen LogP contribution is -2.25. The average molecular weight is 448 g/mol. The standard InChI is InChI=1S/C26H26ClN3O2/c1-19-8-10-20(11-9-19)26(31)28-16-4-7-25-29-23-5-2-3-6-24(23)30(25)17-18-32-22-14-12-21(27)13-15-22/h2-3,5-6,8-15H,4,7,16-18H2,1H3,(H,28,31). The molecule has 5 nitrogen and oxygen atoms in total. The Balaban J connectivity index is 1.35. The predicted octanol–water partition coefficient (Wildman–Crippen LogP) is 5.44.